The van der Waals surface area contributed by atoms with Crippen molar-refractivity contribution in [1.29, 1.82) is 0 Å². The highest BCUT2D eigenvalue weighted by atomic mass is 16.3. The van der Waals surface area contributed by atoms with Crippen LogP contribution in [0.3, 0.4) is 0 Å². The summed E-state index contributed by atoms with van der Waals surface area (Å²) in [6, 6.07) is 92.8. The van der Waals surface area contributed by atoms with Crippen LogP contribution in [0.5, 0.6) is 0 Å². The van der Waals surface area contributed by atoms with Crippen LogP contribution in [-0.4, -0.2) is 9.13 Å². The van der Waals surface area contributed by atoms with Crippen molar-refractivity contribution in [3.8, 4) is 55.9 Å². The second-order valence-electron chi connectivity index (χ2n) is 26.8. The van der Waals surface area contributed by atoms with Crippen molar-refractivity contribution in [3.05, 3.63) is 277 Å². The van der Waals surface area contributed by atoms with Crippen LogP contribution < -0.4 is 0 Å². The van der Waals surface area contributed by atoms with Crippen molar-refractivity contribution >= 4 is 87.5 Å². The Bertz CT molecular complexity index is 5440. The maximum absolute atomic E-state index is 6.58. The van der Waals surface area contributed by atoms with Crippen LogP contribution in [0.4, 0.5) is 0 Å². The quantitative estimate of drug-likeness (QED) is 0.176. The van der Waals surface area contributed by atoms with Gasteiger partial charge in [0.1, 0.15) is 22.3 Å². The summed E-state index contributed by atoms with van der Waals surface area (Å²) < 4.78 is 17.7. The molecule has 0 saturated heterocycles. The first-order valence-corrected chi connectivity index (χ1v) is 31.1. The van der Waals surface area contributed by atoms with Crippen molar-refractivity contribution in [2.24, 2.45) is 0 Å². The normalized spacial score (nSPS) is 15.2. The van der Waals surface area contributed by atoms with Gasteiger partial charge in [-0.15, -0.1) is 0 Å². The maximum atomic E-state index is 6.58. The molecule has 0 bridgehead atoms. The number of benzene rings is 12. The van der Waals surface area contributed by atoms with Crippen molar-refractivity contribution in [2.75, 3.05) is 0 Å². The largest absolute Gasteiger partial charge is 0.456 e. The van der Waals surface area contributed by atoms with Gasteiger partial charge < -0.3 is 18.0 Å². The van der Waals surface area contributed by atoms with Gasteiger partial charge in [-0.1, -0.05) is 225 Å². The summed E-state index contributed by atoms with van der Waals surface area (Å²) in [4.78, 5) is 0. The lowest BCUT2D eigenvalue weighted by molar-refractivity contribution is 0.299. The highest BCUT2D eigenvalue weighted by Crippen LogP contribution is 2.59. The van der Waals surface area contributed by atoms with Crippen LogP contribution in [-0.2, 0) is 21.7 Å². The molecule has 0 radical (unpaired) electrons. The molecule has 2 aliphatic carbocycles. The van der Waals surface area contributed by atoms with Gasteiger partial charge in [-0.25, -0.2) is 0 Å². The summed E-state index contributed by atoms with van der Waals surface area (Å²) >= 11 is 0. The van der Waals surface area contributed by atoms with Crippen molar-refractivity contribution in [3.63, 3.8) is 0 Å². The summed E-state index contributed by atoms with van der Waals surface area (Å²) in [6.07, 6.45) is 0. The van der Waals surface area contributed by atoms with E-state index in [1.807, 2.05) is 0 Å². The van der Waals surface area contributed by atoms with Crippen LogP contribution in [0, 0.1) is 0 Å². The molecule has 0 unspecified atom stereocenters. The Morgan fingerprint density at radius 3 is 1.10 bits per heavy atom. The molecule has 0 N–H and O–H groups in total. The number of aromatic nitrogens is 2. The van der Waals surface area contributed by atoms with E-state index in [1.54, 1.807) is 0 Å². The molecule has 4 heterocycles. The Morgan fingerprint density at radius 2 is 0.625 bits per heavy atom. The molecule has 2 aliphatic rings. The van der Waals surface area contributed by atoms with Crippen molar-refractivity contribution in [1.82, 2.24) is 9.13 Å². The van der Waals surface area contributed by atoms with Crippen LogP contribution in [0.2, 0.25) is 0 Å². The molecule has 0 amide bonds. The minimum atomic E-state index is -0.151. The number of fused-ring (bicyclic) bond motifs is 20. The Morgan fingerprint density at radius 1 is 0.261 bits per heavy atom. The SMILES string of the molecule is CC1(C)c2cc(-c3ccc(-n4c5ccccc5c5ccccc54)cc3)ccc2-c2ccc3c(oc4ccccc43)c2C1(C)C.CC1(C)c2cc(-c3ccc(-n4c5ccccc5c5ccccc54)cc3)ccc2-c2ccc3oc4ccccc4c3c2C1(C)C. The van der Waals surface area contributed by atoms with E-state index in [0.717, 1.165) is 22.3 Å². The lowest BCUT2D eigenvalue weighted by atomic mass is 9.54. The number of nitrogens with zero attached hydrogens (tertiary/aromatic N) is 2. The molecule has 4 aromatic heterocycles. The lowest BCUT2D eigenvalue weighted by Gasteiger charge is -2.48. The fourth-order valence-corrected chi connectivity index (χ4v) is 15.6. The van der Waals surface area contributed by atoms with E-state index < -0.39 is 0 Å². The van der Waals surface area contributed by atoms with Gasteiger partial charge in [-0.05, 0) is 157 Å². The smallest absolute Gasteiger partial charge is 0.139 e. The Labute approximate surface area is 512 Å². The molecular weight excluding hydrogens is 1070 g/mol. The minimum Gasteiger partial charge on any atom is -0.456 e. The highest BCUT2D eigenvalue weighted by molar-refractivity contribution is 6.13. The number of para-hydroxylation sites is 6. The van der Waals surface area contributed by atoms with Gasteiger partial charge in [0, 0.05) is 70.9 Å². The first-order chi connectivity index (χ1) is 42.7. The highest BCUT2D eigenvalue weighted by Gasteiger charge is 2.49. The number of rotatable bonds is 4. The second-order valence-corrected chi connectivity index (χ2v) is 26.8. The predicted octanol–water partition coefficient (Wildman–Crippen LogP) is 23.2. The summed E-state index contributed by atoms with van der Waals surface area (Å²) in [5, 5.41) is 9.98. The molecule has 0 fully saturated rings. The predicted molar refractivity (Wildman–Crippen MR) is 370 cm³/mol. The fourth-order valence-electron chi connectivity index (χ4n) is 15.6. The van der Waals surface area contributed by atoms with Gasteiger partial charge >= 0.3 is 0 Å². The summed E-state index contributed by atoms with van der Waals surface area (Å²) in [6.45, 7) is 19.2. The maximum Gasteiger partial charge on any atom is 0.139 e. The van der Waals surface area contributed by atoms with Gasteiger partial charge in [-0.3, -0.25) is 0 Å². The van der Waals surface area contributed by atoms with Crippen LogP contribution >= 0.6 is 0 Å². The van der Waals surface area contributed by atoms with E-state index in [4.69, 9.17) is 8.83 Å². The summed E-state index contributed by atoms with van der Waals surface area (Å²) in [5.41, 5.74) is 26.3. The zero-order valence-corrected chi connectivity index (χ0v) is 51.0. The lowest BCUT2D eigenvalue weighted by Crippen LogP contribution is -2.43. The average molecular weight is 1140 g/mol. The molecule has 0 atom stereocenters. The molecule has 18 rings (SSSR count). The molecule has 4 heteroatoms. The summed E-state index contributed by atoms with van der Waals surface area (Å²) in [5.74, 6) is 0. The monoisotopic (exact) mass is 1130 g/mol. The zero-order chi connectivity index (χ0) is 59.6. The van der Waals surface area contributed by atoms with Gasteiger partial charge in [0.05, 0.1) is 22.1 Å². The molecule has 424 valence electrons. The molecule has 4 nitrogen and oxygen atoms in total. The molecule has 0 aliphatic heterocycles. The molecule has 12 aromatic carbocycles. The van der Waals surface area contributed by atoms with Crippen molar-refractivity contribution in [2.45, 2.75) is 77.0 Å². The average Bonchev–Trinajstić information content (AvgIpc) is 0.822. The van der Waals surface area contributed by atoms with Crippen LogP contribution in [0.25, 0.3) is 143 Å². The minimum absolute atomic E-state index is 0.110. The van der Waals surface area contributed by atoms with Crippen LogP contribution in [0.1, 0.15) is 77.6 Å². The van der Waals surface area contributed by atoms with E-state index in [9.17, 15) is 0 Å². The van der Waals surface area contributed by atoms with E-state index in [-0.39, 0.29) is 21.7 Å². The van der Waals surface area contributed by atoms with E-state index in [1.165, 1.54) is 143 Å². The third-order valence-electron chi connectivity index (χ3n) is 21.5. The topological polar surface area (TPSA) is 36.1 Å². The number of hydrogen-bond acceptors (Lipinski definition) is 2. The van der Waals surface area contributed by atoms with Crippen LogP contribution in [0.15, 0.2) is 264 Å². The second kappa shape index (κ2) is 18.7. The first-order valence-electron chi connectivity index (χ1n) is 31.1. The molecule has 88 heavy (non-hydrogen) atoms. The Kier molecular flexibility index (Phi) is 11.1. The third kappa shape index (κ3) is 7.26. The molecule has 16 aromatic rings. The standard InChI is InChI=1S/2C42H33NO/c1-41(2)34-25-27(26-17-20-28(21-18-26)43-35-14-8-5-11-30(35)31-12-6-9-15-36(31)43)19-22-29(34)32-23-24-38-39(40(32)42(41,3)4)33-13-7-10-16-37(33)44-38;1-41(2)35-25-27(26-17-20-28(21-18-26)43-36-14-8-5-11-30(36)31-12-6-9-15-37(31)43)19-22-29(35)33-23-24-34-32-13-7-10-16-38(32)44-40(34)39(33)42(41,3)4/h2*5-25H,1-4H3. The Hall–Kier alpha value is -10.2. The van der Waals surface area contributed by atoms with E-state index in [0.29, 0.717) is 0 Å². The number of hydrogen-bond donors (Lipinski definition) is 0. The first kappa shape index (κ1) is 52.2. The van der Waals surface area contributed by atoms with Gasteiger partial charge in [0.15, 0.2) is 0 Å². The molecule has 0 spiro atoms. The number of furan rings is 2. The van der Waals surface area contributed by atoms with Gasteiger partial charge in [0.2, 0.25) is 0 Å². The van der Waals surface area contributed by atoms with E-state index >= 15 is 0 Å². The third-order valence-corrected chi connectivity index (χ3v) is 21.5. The van der Waals surface area contributed by atoms with Gasteiger partial charge in [-0.2, -0.15) is 0 Å². The van der Waals surface area contributed by atoms with Crippen molar-refractivity contribution < 1.29 is 8.83 Å². The Balaban J connectivity index is 0.000000137. The van der Waals surface area contributed by atoms with E-state index in [2.05, 4.69) is 319 Å². The zero-order valence-electron chi connectivity index (χ0n) is 51.0. The summed E-state index contributed by atoms with van der Waals surface area (Å²) in [7, 11) is 0. The molecule has 0 saturated carbocycles. The fraction of sp³-hybridized carbons (Fsp3) is 0.143. The molecular formula is C84H66N2O2. The van der Waals surface area contributed by atoms with Gasteiger partial charge in [0.25, 0.3) is 0 Å².